The molecule has 2 aliphatic rings. The van der Waals surface area contributed by atoms with E-state index in [9.17, 15) is 22.4 Å². The number of hydrogen-bond acceptors (Lipinski definition) is 5. The zero-order valence-corrected chi connectivity index (χ0v) is 19.1. The molecule has 1 N–H and O–H groups in total. The fourth-order valence-corrected chi connectivity index (χ4v) is 5.49. The maximum absolute atomic E-state index is 14.4. The first-order valence-electron chi connectivity index (χ1n) is 10.9. The van der Waals surface area contributed by atoms with Gasteiger partial charge in [0.1, 0.15) is 10.7 Å². The first-order chi connectivity index (χ1) is 15.8. The molecular formula is C23H26FN3O5S. The van der Waals surface area contributed by atoms with E-state index in [4.69, 9.17) is 4.74 Å². The van der Waals surface area contributed by atoms with E-state index in [-0.39, 0.29) is 50.9 Å². The van der Waals surface area contributed by atoms with Gasteiger partial charge in [0.05, 0.1) is 19.1 Å². The number of benzene rings is 2. The van der Waals surface area contributed by atoms with Crippen molar-refractivity contribution >= 4 is 33.2 Å². The molecule has 4 rings (SSSR count). The molecule has 33 heavy (non-hydrogen) atoms. The molecule has 0 radical (unpaired) electrons. The normalized spacial score (nSPS) is 19.6. The lowest BCUT2D eigenvalue weighted by Gasteiger charge is -2.26. The number of halogens is 1. The number of nitrogens with zero attached hydrogens (tertiary/aromatic N) is 2. The average Bonchev–Trinajstić information content (AvgIpc) is 3.22. The van der Waals surface area contributed by atoms with E-state index in [0.717, 1.165) is 34.1 Å². The van der Waals surface area contributed by atoms with Crippen LogP contribution in [0.15, 0.2) is 47.4 Å². The molecule has 2 saturated heterocycles. The van der Waals surface area contributed by atoms with E-state index in [0.29, 0.717) is 0 Å². The van der Waals surface area contributed by atoms with Crippen LogP contribution in [0.25, 0.3) is 0 Å². The molecule has 1 atom stereocenters. The van der Waals surface area contributed by atoms with Crippen LogP contribution in [-0.4, -0.2) is 57.4 Å². The number of hydrogen-bond donors (Lipinski definition) is 1. The number of sulfonamides is 1. The molecule has 0 bridgehead atoms. The highest BCUT2D eigenvalue weighted by molar-refractivity contribution is 7.89. The number of amides is 2. The third-order valence-electron chi connectivity index (χ3n) is 5.94. The highest BCUT2D eigenvalue weighted by Gasteiger charge is 2.35. The third kappa shape index (κ3) is 4.92. The Morgan fingerprint density at radius 3 is 2.52 bits per heavy atom. The topological polar surface area (TPSA) is 96.0 Å². The van der Waals surface area contributed by atoms with Gasteiger partial charge in [-0.1, -0.05) is 19.1 Å². The Kier molecular flexibility index (Phi) is 6.78. The number of ether oxygens (including phenoxy) is 1. The summed E-state index contributed by atoms with van der Waals surface area (Å²) in [7, 11) is -4.06. The van der Waals surface area contributed by atoms with Crippen LogP contribution in [0.4, 0.5) is 15.8 Å². The molecule has 0 aliphatic carbocycles. The highest BCUT2D eigenvalue weighted by Crippen LogP contribution is 2.28. The lowest BCUT2D eigenvalue weighted by atomic mass is 10.1. The van der Waals surface area contributed by atoms with Gasteiger partial charge in [0.15, 0.2) is 0 Å². The van der Waals surface area contributed by atoms with Gasteiger partial charge in [0.25, 0.3) is 0 Å². The van der Waals surface area contributed by atoms with Crippen LogP contribution in [0, 0.1) is 11.7 Å². The van der Waals surface area contributed by atoms with Gasteiger partial charge in [-0.05, 0) is 42.3 Å². The Hall–Kier alpha value is -2.82. The average molecular weight is 476 g/mol. The van der Waals surface area contributed by atoms with Crippen LogP contribution in [0.3, 0.4) is 0 Å². The summed E-state index contributed by atoms with van der Waals surface area (Å²) < 4.78 is 46.4. The molecule has 2 aromatic carbocycles. The van der Waals surface area contributed by atoms with Crippen LogP contribution in [0.5, 0.6) is 0 Å². The van der Waals surface area contributed by atoms with E-state index in [1.54, 1.807) is 4.90 Å². The zero-order chi connectivity index (χ0) is 23.6. The number of carbonyl (C=O) groups is 2. The van der Waals surface area contributed by atoms with Gasteiger partial charge < -0.3 is 15.0 Å². The number of anilines is 2. The van der Waals surface area contributed by atoms with Crippen molar-refractivity contribution in [3.63, 3.8) is 0 Å². The van der Waals surface area contributed by atoms with Gasteiger partial charge in [-0.25, -0.2) is 12.8 Å². The molecule has 0 spiro atoms. The standard InChI is InChI=1S/C23H26FN3O5S/c1-2-16-3-6-19(7-4-16)27-15-17(13-22(27)28)23(29)25-18-5-8-20(24)21(14-18)33(30,31)26-9-11-32-12-10-26/h3-8,14,17H,2,9-13,15H2,1H3,(H,25,29)/t17-/m1/s1. The van der Waals surface area contributed by atoms with Crippen molar-refractivity contribution in [2.75, 3.05) is 43.1 Å². The molecular weight excluding hydrogens is 449 g/mol. The van der Waals surface area contributed by atoms with Crippen molar-refractivity contribution in [1.29, 1.82) is 0 Å². The molecule has 176 valence electrons. The Balaban J connectivity index is 1.47. The Morgan fingerprint density at radius 1 is 1.15 bits per heavy atom. The summed E-state index contributed by atoms with van der Waals surface area (Å²) in [6.45, 7) is 3.02. The highest BCUT2D eigenvalue weighted by atomic mass is 32.2. The summed E-state index contributed by atoms with van der Waals surface area (Å²) in [5.74, 6) is -2.07. The number of morpholine rings is 1. The van der Waals surface area contributed by atoms with Crippen molar-refractivity contribution in [2.45, 2.75) is 24.7 Å². The van der Waals surface area contributed by atoms with Crippen LogP contribution < -0.4 is 10.2 Å². The molecule has 0 unspecified atom stereocenters. The van der Waals surface area contributed by atoms with Crippen LogP contribution in [-0.2, 0) is 30.8 Å². The summed E-state index contributed by atoms with van der Waals surface area (Å²) in [4.78, 5) is 26.4. The van der Waals surface area contributed by atoms with E-state index in [1.807, 2.05) is 31.2 Å². The Morgan fingerprint density at radius 2 is 1.85 bits per heavy atom. The van der Waals surface area contributed by atoms with Crippen molar-refractivity contribution in [3.05, 3.63) is 53.8 Å². The molecule has 2 aliphatic heterocycles. The van der Waals surface area contributed by atoms with Crippen molar-refractivity contribution in [1.82, 2.24) is 4.31 Å². The maximum Gasteiger partial charge on any atom is 0.246 e. The molecule has 0 aromatic heterocycles. The smallest absolute Gasteiger partial charge is 0.246 e. The van der Waals surface area contributed by atoms with Crippen LogP contribution in [0.1, 0.15) is 18.9 Å². The number of carbonyl (C=O) groups excluding carboxylic acids is 2. The minimum atomic E-state index is -4.06. The number of nitrogens with one attached hydrogen (secondary N) is 1. The summed E-state index contributed by atoms with van der Waals surface area (Å²) in [5, 5.41) is 2.65. The van der Waals surface area contributed by atoms with Crippen molar-refractivity contribution in [3.8, 4) is 0 Å². The van der Waals surface area contributed by atoms with E-state index >= 15 is 0 Å². The van der Waals surface area contributed by atoms with Gasteiger partial charge in [-0.3, -0.25) is 9.59 Å². The van der Waals surface area contributed by atoms with Crippen LogP contribution >= 0.6 is 0 Å². The fourth-order valence-electron chi connectivity index (χ4n) is 3.99. The maximum atomic E-state index is 14.4. The van der Waals surface area contributed by atoms with E-state index in [1.165, 1.54) is 6.07 Å². The summed E-state index contributed by atoms with van der Waals surface area (Å²) >= 11 is 0. The van der Waals surface area contributed by atoms with Crippen molar-refractivity contribution < 1.29 is 27.1 Å². The minimum absolute atomic E-state index is 0.0431. The van der Waals surface area contributed by atoms with Gasteiger partial charge in [0, 0.05) is 37.4 Å². The predicted octanol–water partition coefficient (Wildman–Crippen LogP) is 2.40. The molecule has 8 nitrogen and oxygen atoms in total. The van der Waals surface area contributed by atoms with E-state index < -0.39 is 32.6 Å². The fraction of sp³-hybridized carbons (Fsp3) is 0.391. The molecule has 10 heteroatoms. The summed E-state index contributed by atoms with van der Waals surface area (Å²) in [6.07, 6.45) is 0.932. The van der Waals surface area contributed by atoms with Crippen molar-refractivity contribution in [2.24, 2.45) is 5.92 Å². The molecule has 2 fully saturated rings. The number of rotatable bonds is 6. The van der Waals surface area contributed by atoms with Gasteiger partial charge in [0.2, 0.25) is 21.8 Å². The molecule has 2 aromatic rings. The van der Waals surface area contributed by atoms with Gasteiger partial charge in [-0.15, -0.1) is 0 Å². The minimum Gasteiger partial charge on any atom is -0.379 e. The lowest BCUT2D eigenvalue weighted by Crippen LogP contribution is -2.40. The quantitative estimate of drug-likeness (QED) is 0.692. The second-order valence-corrected chi connectivity index (χ2v) is 9.98. The molecule has 2 amide bonds. The Bertz CT molecular complexity index is 1150. The van der Waals surface area contributed by atoms with Gasteiger partial charge >= 0.3 is 0 Å². The molecule has 0 saturated carbocycles. The first kappa shape index (κ1) is 23.3. The number of aryl methyl sites for hydroxylation is 1. The van der Waals surface area contributed by atoms with Gasteiger partial charge in [-0.2, -0.15) is 4.31 Å². The zero-order valence-electron chi connectivity index (χ0n) is 18.3. The SMILES string of the molecule is CCc1ccc(N2C[C@H](C(=O)Nc3ccc(F)c(S(=O)(=O)N4CCOCC4)c3)CC2=O)cc1. The molecule has 2 heterocycles. The Labute approximate surface area is 192 Å². The lowest BCUT2D eigenvalue weighted by molar-refractivity contribution is -0.122. The first-order valence-corrected chi connectivity index (χ1v) is 12.3. The summed E-state index contributed by atoms with van der Waals surface area (Å²) in [6, 6.07) is 11.1. The largest absolute Gasteiger partial charge is 0.379 e. The monoisotopic (exact) mass is 475 g/mol. The summed E-state index contributed by atoms with van der Waals surface area (Å²) in [5.41, 5.74) is 2.04. The second kappa shape index (κ2) is 9.58. The van der Waals surface area contributed by atoms with Crippen LogP contribution in [0.2, 0.25) is 0 Å². The second-order valence-electron chi connectivity index (χ2n) is 8.08. The third-order valence-corrected chi connectivity index (χ3v) is 7.85. The predicted molar refractivity (Wildman–Crippen MR) is 121 cm³/mol. The van der Waals surface area contributed by atoms with E-state index in [2.05, 4.69) is 5.32 Å².